The highest BCUT2D eigenvalue weighted by Gasteiger charge is 2.23. The van der Waals surface area contributed by atoms with Crippen LogP contribution in [0.15, 0.2) is 78.9 Å². The maximum atomic E-state index is 13.4. The summed E-state index contributed by atoms with van der Waals surface area (Å²) in [5, 5.41) is 3.05. The number of carbonyl (C=O) groups excluding carboxylic acids is 1. The lowest BCUT2D eigenvalue weighted by Gasteiger charge is -2.22. The maximum absolute atomic E-state index is 13.4. The first kappa shape index (κ1) is 18.8. The number of hydrogen-bond acceptors (Lipinski definition) is 1. The lowest BCUT2D eigenvalue weighted by Crippen LogP contribution is -3.12. The minimum Gasteiger partial charge on any atom is -0.324 e. The molecular weight excluding hydrogens is 339 g/mol. The Kier molecular flexibility index (Phi) is 5.99. The molecule has 0 heterocycles. The lowest BCUT2D eigenvalue weighted by molar-refractivity contribution is -0.907. The van der Waals surface area contributed by atoms with Crippen LogP contribution in [-0.4, -0.2) is 19.0 Å². The highest BCUT2D eigenvalue weighted by molar-refractivity contribution is 5.97. The first-order chi connectivity index (χ1) is 13.0. The largest absolute Gasteiger partial charge is 0.324 e. The van der Waals surface area contributed by atoms with Crippen LogP contribution in [0.1, 0.15) is 12.5 Å². The second kappa shape index (κ2) is 8.60. The number of quaternary nitrogens is 1. The smallest absolute Gasteiger partial charge is 0.282 e. The van der Waals surface area contributed by atoms with Crippen molar-refractivity contribution in [2.24, 2.45) is 0 Å². The summed E-state index contributed by atoms with van der Waals surface area (Å²) in [6, 6.07) is 24.0. The second-order valence-corrected chi connectivity index (χ2v) is 6.78. The summed E-state index contributed by atoms with van der Waals surface area (Å²) in [5.74, 6) is -0.318. The Hall–Kier alpha value is -2.98. The quantitative estimate of drug-likeness (QED) is 0.690. The number of likely N-dealkylation sites (N-methyl/N-ethyl adjacent to an activating group) is 1. The van der Waals surface area contributed by atoms with E-state index in [1.165, 1.54) is 12.1 Å². The van der Waals surface area contributed by atoms with Gasteiger partial charge in [0.25, 0.3) is 5.91 Å². The van der Waals surface area contributed by atoms with Crippen LogP contribution in [-0.2, 0) is 11.3 Å². The van der Waals surface area contributed by atoms with Crippen LogP contribution in [0.5, 0.6) is 0 Å². The van der Waals surface area contributed by atoms with Gasteiger partial charge in [-0.25, -0.2) is 4.39 Å². The zero-order valence-electron chi connectivity index (χ0n) is 15.6. The third kappa shape index (κ3) is 4.80. The Balaban J connectivity index is 1.72. The lowest BCUT2D eigenvalue weighted by atomic mass is 10.0. The summed E-state index contributed by atoms with van der Waals surface area (Å²) in [7, 11) is 1.94. The molecule has 0 aliphatic carbocycles. The van der Waals surface area contributed by atoms with Gasteiger partial charge in [-0.05, 0) is 30.7 Å². The SMILES string of the molecule is C[C@H](C(=O)Nc1ccccc1-c1ccccc1)[NH+](C)Cc1cccc(F)c1. The van der Waals surface area contributed by atoms with E-state index in [1.807, 2.05) is 74.6 Å². The number of amides is 1. The summed E-state index contributed by atoms with van der Waals surface area (Å²) in [6.45, 7) is 2.46. The van der Waals surface area contributed by atoms with Crippen molar-refractivity contribution in [3.63, 3.8) is 0 Å². The van der Waals surface area contributed by atoms with Crippen molar-refractivity contribution in [1.29, 1.82) is 0 Å². The van der Waals surface area contributed by atoms with Gasteiger partial charge in [0.2, 0.25) is 0 Å². The molecule has 2 N–H and O–H groups in total. The number of carbonyl (C=O) groups is 1. The van der Waals surface area contributed by atoms with Crippen molar-refractivity contribution in [2.45, 2.75) is 19.5 Å². The van der Waals surface area contributed by atoms with Crippen molar-refractivity contribution in [2.75, 3.05) is 12.4 Å². The van der Waals surface area contributed by atoms with Gasteiger partial charge in [0.1, 0.15) is 12.4 Å². The summed E-state index contributed by atoms with van der Waals surface area (Å²) in [4.78, 5) is 13.8. The summed E-state index contributed by atoms with van der Waals surface area (Å²) in [6.07, 6.45) is 0. The van der Waals surface area contributed by atoms with Gasteiger partial charge in [0.15, 0.2) is 6.04 Å². The minimum absolute atomic E-state index is 0.0627. The monoisotopic (exact) mass is 363 g/mol. The Bertz CT molecular complexity index is 911. The number of para-hydroxylation sites is 1. The van der Waals surface area contributed by atoms with Crippen molar-refractivity contribution in [1.82, 2.24) is 0 Å². The van der Waals surface area contributed by atoms with Gasteiger partial charge in [0, 0.05) is 16.8 Å². The van der Waals surface area contributed by atoms with E-state index in [1.54, 1.807) is 6.07 Å². The average Bonchev–Trinajstić information content (AvgIpc) is 2.68. The molecule has 2 atom stereocenters. The van der Waals surface area contributed by atoms with Gasteiger partial charge in [0.05, 0.1) is 7.05 Å². The molecule has 1 amide bonds. The molecule has 3 aromatic carbocycles. The van der Waals surface area contributed by atoms with Crippen molar-refractivity contribution in [3.8, 4) is 11.1 Å². The van der Waals surface area contributed by atoms with Crippen LogP contribution in [0.25, 0.3) is 11.1 Å². The third-order valence-electron chi connectivity index (χ3n) is 4.77. The summed E-state index contributed by atoms with van der Waals surface area (Å²) in [5.41, 5.74) is 3.71. The molecule has 3 rings (SSSR count). The molecule has 0 bridgehead atoms. The van der Waals surface area contributed by atoms with E-state index < -0.39 is 0 Å². The standard InChI is InChI=1S/C23H23FN2O/c1-17(26(2)16-18-9-8-12-20(24)15-18)23(27)25-22-14-7-6-13-21(22)19-10-4-3-5-11-19/h3-15,17H,16H2,1-2H3,(H,25,27)/p+1/t17-/m1/s1. The topological polar surface area (TPSA) is 33.5 Å². The molecule has 27 heavy (non-hydrogen) atoms. The molecular formula is C23H24FN2O+. The summed E-state index contributed by atoms with van der Waals surface area (Å²) >= 11 is 0. The molecule has 0 aliphatic heterocycles. The third-order valence-corrected chi connectivity index (χ3v) is 4.77. The van der Waals surface area contributed by atoms with Gasteiger partial charge < -0.3 is 10.2 Å². The van der Waals surface area contributed by atoms with Crippen LogP contribution in [0.3, 0.4) is 0 Å². The number of halogens is 1. The molecule has 0 saturated carbocycles. The fraction of sp³-hybridized carbons (Fsp3) is 0.174. The number of nitrogens with one attached hydrogen (secondary N) is 2. The van der Waals surface area contributed by atoms with Gasteiger partial charge in [-0.3, -0.25) is 4.79 Å². The van der Waals surface area contributed by atoms with Crippen molar-refractivity contribution >= 4 is 11.6 Å². The van der Waals surface area contributed by atoms with E-state index >= 15 is 0 Å². The zero-order valence-corrected chi connectivity index (χ0v) is 15.6. The fourth-order valence-corrected chi connectivity index (χ4v) is 3.05. The zero-order chi connectivity index (χ0) is 19.2. The van der Waals surface area contributed by atoms with Crippen LogP contribution >= 0.6 is 0 Å². The minimum atomic E-state index is -0.280. The van der Waals surface area contributed by atoms with E-state index in [-0.39, 0.29) is 17.8 Å². The number of rotatable bonds is 6. The van der Waals surface area contributed by atoms with Crippen LogP contribution < -0.4 is 10.2 Å². The second-order valence-electron chi connectivity index (χ2n) is 6.78. The molecule has 0 aromatic heterocycles. The average molecular weight is 363 g/mol. The van der Waals surface area contributed by atoms with Crippen molar-refractivity contribution in [3.05, 3.63) is 90.2 Å². The molecule has 3 aromatic rings. The predicted molar refractivity (Wildman–Crippen MR) is 107 cm³/mol. The van der Waals surface area contributed by atoms with E-state index in [0.29, 0.717) is 6.54 Å². The Morgan fingerprint density at radius 3 is 2.44 bits per heavy atom. The molecule has 0 saturated heterocycles. The maximum Gasteiger partial charge on any atom is 0.282 e. The Labute approximate surface area is 159 Å². The molecule has 0 radical (unpaired) electrons. The van der Waals surface area contributed by atoms with E-state index in [9.17, 15) is 9.18 Å². The highest BCUT2D eigenvalue weighted by atomic mass is 19.1. The van der Waals surface area contributed by atoms with E-state index in [0.717, 1.165) is 27.3 Å². The number of anilines is 1. The van der Waals surface area contributed by atoms with Gasteiger partial charge in [-0.15, -0.1) is 0 Å². The predicted octanol–water partition coefficient (Wildman–Crippen LogP) is 3.53. The van der Waals surface area contributed by atoms with E-state index in [2.05, 4.69) is 5.32 Å². The first-order valence-electron chi connectivity index (χ1n) is 9.06. The molecule has 3 nitrogen and oxygen atoms in total. The van der Waals surface area contributed by atoms with Gasteiger partial charge in [-0.2, -0.15) is 0 Å². The molecule has 1 unspecified atom stereocenters. The van der Waals surface area contributed by atoms with Gasteiger partial charge in [-0.1, -0.05) is 60.7 Å². The van der Waals surface area contributed by atoms with Crippen LogP contribution in [0.2, 0.25) is 0 Å². The number of benzene rings is 3. The van der Waals surface area contributed by atoms with Crippen molar-refractivity contribution < 1.29 is 14.1 Å². The first-order valence-corrected chi connectivity index (χ1v) is 9.06. The fourth-order valence-electron chi connectivity index (χ4n) is 3.05. The molecule has 0 aliphatic rings. The summed E-state index contributed by atoms with van der Waals surface area (Å²) < 4.78 is 13.4. The molecule has 138 valence electrons. The Morgan fingerprint density at radius 1 is 1.00 bits per heavy atom. The number of hydrogen-bond donors (Lipinski definition) is 2. The normalized spacial score (nSPS) is 13.0. The van der Waals surface area contributed by atoms with E-state index in [4.69, 9.17) is 0 Å². The molecule has 4 heteroatoms. The highest BCUT2D eigenvalue weighted by Crippen LogP contribution is 2.27. The van der Waals surface area contributed by atoms with Crippen LogP contribution in [0.4, 0.5) is 10.1 Å². The molecule has 0 spiro atoms. The molecule has 0 fully saturated rings. The van der Waals surface area contributed by atoms with Gasteiger partial charge >= 0.3 is 0 Å². The Morgan fingerprint density at radius 2 is 1.70 bits per heavy atom. The van der Waals surface area contributed by atoms with Crippen LogP contribution in [0, 0.1) is 5.82 Å².